The minimum atomic E-state index is -2.57. The molecule has 226 valence electrons. The number of halogens is 2. The van der Waals surface area contributed by atoms with Crippen molar-refractivity contribution in [1.29, 1.82) is 0 Å². The van der Waals surface area contributed by atoms with Crippen molar-refractivity contribution in [3.8, 4) is 0 Å². The Morgan fingerprint density at radius 1 is 0.523 bits per heavy atom. The van der Waals surface area contributed by atoms with Gasteiger partial charge in [-0.25, -0.2) is 0 Å². The Morgan fingerprint density at radius 3 is 1.23 bits per heavy atom. The molecular weight excluding hydrogens is 671 g/mol. The molecule has 0 saturated carbocycles. The molecule has 2 aliphatic carbocycles. The molecule has 0 aromatic heterocycles. The van der Waals surface area contributed by atoms with E-state index in [1.807, 2.05) is 0 Å². The second kappa shape index (κ2) is 14.2. The minimum absolute atomic E-state index is 0. The molecule has 2 aliphatic rings. The molecule has 0 saturated heterocycles. The SMILES string of the molecule is CC1=Cc2c(C(C)C)ccc(C)c2[CH]1[Zr+2]([CH]1C(C)=Cc2c(C(C)C)ccc(C)c21)=[Si](c1ccccc1)c1ccccc1.[Cl-].[Cl-]. The first kappa shape index (κ1) is 34.9. The van der Waals surface area contributed by atoms with Crippen LogP contribution in [0, 0.1) is 13.8 Å². The van der Waals surface area contributed by atoms with Gasteiger partial charge < -0.3 is 24.8 Å². The fourth-order valence-corrected chi connectivity index (χ4v) is 33.4. The van der Waals surface area contributed by atoms with Gasteiger partial charge in [0.25, 0.3) is 0 Å². The first-order chi connectivity index (χ1) is 20.2. The van der Waals surface area contributed by atoms with Crippen LogP contribution in [0.3, 0.4) is 0 Å². The quantitative estimate of drug-likeness (QED) is 0.268. The van der Waals surface area contributed by atoms with Crippen LogP contribution >= 0.6 is 0 Å². The molecule has 0 heterocycles. The second-order valence-electron chi connectivity index (χ2n) is 13.1. The summed E-state index contributed by atoms with van der Waals surface area (Å²) >= 11 is -2.57. The molecule has 4 heteroatoms. The normalized spacial score (nSPS) is 16.3. The van der Waals surface area contributed by atoms with E-state index in [2.05, 4.69) is 152 Å². The molecule has 0 amide bonds. The summed E-state index contributed by atoms with van der Waals surface area (Å²) in [5.41, 5.74) is 14.6. The maximum atomic E-state index is 2.60. The summed E-state index contributed by atoms with van der Waals surface area (Å²) in [6.45, 7) is 19.2. The van der Waals surface area contributed by atoms with Crippen LogP contribution in [0.2, 0.25) is 0 Å². The van der Waals surface area contributed by atoms with Gasteiger partial charge in [-0.1, -0.05) is 0 Å². The summed E-state index contributed by atoms with van der Waals surface area (Å²) in [6.07, 6.45) is 5.20. The first-order valence-corrected chi connectivity index (χ1v) is 23.7. The zero-order valence-corrected chi connectivity index (χ0v) is 32.3. The van der Waals surface area contributed by atoms with Crippen molar-refractivity contribution >= 4 is 28.0 Å². The van der Waals surface area contributed by atoms with Crippen molar-refractivity contribution in [3.05, 3.63) is 141 Å². The van der Waals surface area contributed by atoms with E-state index >= 15 is 0 Å². The molecule has 0 spiro atoms. The number of benzene rings is 4. The zero-order valence-electron chi connectivity index (χ0n) is 27.3. The van der Waals surface area contributed by atoms with Crippen LogP contribution in [0.4, 0.5) is 0 Å². The van der Waals surface area contributed by atoms with Gasteiger partial charge in [0.1, 0.15) is 0 Å². The molecule has 4 aromatic rings. The van der Waals surface area contributed by atoms with Crippen LogP contribution in [-0.4, -0.2) is 5.43 Å². The van der Waals surface area contributed by atoms with Crippen LogP contribution in [-0.2, 0) is 20.4 Å². The van der Waals surface area contributed by atoms with Gasteiger partial charge in [0.05, 0.1) is 0 Å². The van der Waals surface area contributed by atoms with Gasteiger partial charge in [0.15, 0.2) is 0 Å². The summed E-state index contributed by atoms with van der Waals surface area (Å²) in [5, 5.41) is 3.20. The summed E-state index contributed by atoms with van der Waals surface area (Å²) < 4.78 is 1.13. The minimum Gasteiger partial charge on any atom is -1.00 e. The third-order valence-electron chi connectivity index (χ3n) is 9.59. The van der Waals surface area contributed by atoms with Crippen LogP contribution in [0.25, 0.3) is 12.2 Å². The molecule has 44 heavy (non-hydrogen) atoms. The third kappa shape index (κ3) is 6.10. The van der Waals surface area contributed by atoms with Crippen molar-refractivity contribution in [1.82, 2.24) is 0 Å². The Hall–Kier alpha value is -1.96. The number of aryl methyl sites for hydroxylation is 2. The average molecular weight is 715 g/mol. The topological polar surface area (TPSA) is 0 Å². The van der Waals surface area contributed by atoms with E-state index in [4.69, 9.17) is 0 Å². The van der Waals surface area contributed by atoms with Crippen LogP contribution in [0.1, 0.15) is 105 Å². The van der Waals surface area contributed by atoms with Crippen LogP contribution in [0.15, 0.2) is 96.1 Å². The Labute approximate surface area is 286 Å². The largest absolute Gasteiger partial charge is 1.00 e. The standard InChI is InChI=1S/2C14H17.C12H10Si.2ClH.Zr/c2*1-9(2)12-6-5-11(4)13-7-10(3)8-14(12)13;1-3-7-11(8-4-1)13-12-9-5-2-6-10-12;;;/h2*5-9H,1-4H3;1-10H;2*1H;/q;;;;;+2/p-2. The molecule has 0 radical (unpaired) electrons. The number of hydrogen-bond donors (Lipinski definition) is 0. The summed E-state index contributed by atoms with van der Waals surface area (Å²) in [7, 11) is 0. The van der Waals surface area contributed by atoms with Crippen molar-refractivity contribution < 1.29 is 45.2 Å². The maximum Gasteiger partial charge on any atom is -1.00 e. The molecule has 4 aromatic carbocycles. The Morgan fingerprint density at radius 2 is 0.886 bits per heavy atom. The predicted molar refractivity (Wildman–Crippen MR) is 181 cm³/mol. The maximum absolute atomic E-state index is 2.60. The van der Waals surface area contributed by atoms with Gasteiger partial charge in [-0.05, 0) is 0 Å². The van der Waals surface area contributed by atoms with Gasteiger partial charge in [-0.2, -0.15) is 0 Å². The van der Waals surface area contributed by atoms with Gasteiger partial charge in [0, 0.05) is 0 Å². The summed E-state index contributed by atoms with van der Waals surface area (Å²) in [4.78, 5) is 0. The number of rotatable bonds is 6. The van der Waals surface area contributed by atoms with Crippen LogP contribution < -0.4 is 35.2 Å². The Balaban J connectivity index is 0.00000221. The van der Waals surface area contributed by atoms with E-state index < -0.39 is 25.8 Å². The fraction of sp³-hybridized carbons (Fsp3) is 0.300. The molecular formula is C40H44Cl2SiZr. The monoisotopic (exact) mass is 712 g/mol. The zero-order chi connectivity index (χ0) is 29.7. The van der Waals surface area contributed by atoms with E-state index in [0.717, 1.165) is 0 Å². The molecule has 0 fully saturated rings. The van der Waals surface area contributed by atoms with Gasteiger partial charge >= 0.3 is 263 Å². The molecule has 0 N–H and O–H groups in total. The molecule has 0 aliphatic heterocycles. The van der Waals surface area contributed by atoms with E-state index in [1.54, 1.807) is 43.8 Å². The van der Waals surface area contributed by atoms with Gasteiger partial charge in [-0.3, -0.25) is 0 Å². The molecule has 0 nitrogen and oxygen atoms in total. The fourth-order valence-electron chi connectivity index (χ4n) is 7.66. The predicted octanol–water partition coefficient (Wildman–Crippen LogP) is 3.60. The van der Waals surface area contributed by atoms with Crippen LogP contribution in [0.5, 0.6) is 0 Å². The number of hydrogen-bond acceptors (Lipinski definition) is 0. The Bertz CT molecular complexity index is 1640. The van der Waals surface area contributed by atoms with E-state index in [1.165, 1.54) is 22.3 Å². The van der Waals surface area contributed by atoms with E-state index in [9.17, 15) is 0 Å². The van der Waals surface area contributed by atoms with Crippen molar-refractivity contribution in [3.63, 3.8) is 0 Å². The van der Waals surface area contributed by atoms with Gasteiger partial charge in [0.2, 0.25) is 0 Å². The number of allylic oxidation sites excluding steroid dienone is 2. The third-order valence-corrected chi connectivity index (χ3v) is 30.6. The van der Waals surface area contributed by atoms with Crippen molar-refractivity contribution in [2.45, 2.75) is 74.5 Å². The first-order valence-electron chi connectivity index (χ1n) is 15.7. The molecule has 6 rings (SSSR count). The van der Waals surface area contributed by atoms with Gasteiger partial charge in [-0.15, -0.1) is 0 Å². The molecule has 0 bridgehead atoms. The Kier molecular flexibility index (Phi) is 11.3. The smallest absolute Gasteiger partial charge is 1.00 e. The van der Waals surface area contributed by atoms with E-state index in [0.29, 0.717) is 19.1 Å². The molecule has 2 unspecified atom stereocenters. The van der Waals surface area contributed by atoms with E-state index in [-0.39, 0.29) is 24.8 Å². The van der Waals surface area contributed by atoms with Crippen molar-refractivity contribution in [2.24, 2.45) is 0 Å². The number of fused-ring (bicyclic) bond motifs is 2. The second-order valence-corrected chi connectivity index (χ2v) is 27.2. The summed E-state index contributed by atoms with van der Waals surface area (Å²) in [6, 6.07) is 33.0. The van der Waals surface area contributed by atoms with Crippen molar-refractivity contribution in [2.75, 3.05) is 0 Å². The average Bonchev–Trinajstić information content (AvgIpc) is 3.50. The molecule has 2 atom stereocenters. The summed E-state index contributed by atoms with van der Waals surface area (Å²) in [5.74, 6) is 1.04.